The van der Waals surface area contributed by atoms with E-state index in [-0.39, 0.29) is 17.5 Å². The van der Waals surface area contributed by atoms with Crippen LogP contribution < -0.4 is 0 Å². The average molecular weight is 336 g/mol. The summed E-state index contributed by atoms with van der Waals surface area (Å²) in [5.41, 5.74) is 1.89. The van der Waals surface area contributed by atoms with Crippen LogP contribution in [0.15, 0.2) is 42.5 Å². The monoisotopic (exact) mass is 336 g/mol. The van der Waals surface area contributed by atoms with Gasteiger partial charge in [0.1, 0.15) is 0 Å². The summed E-state index contributed by atoms with van der Waals surface area (Å²) in [6.45, 7) is 1.33. The molecule has 5 heteroatoms. The smallest absolute Gasteiger partial charge is 0.253 e. The molecule has 2 aromatic rings. The zero-order valence-electron chi connectivity index (χ0n) is 14.6. The number of hydrogen-bond donors (Lipinski definition) is 0. The summed E-state index contributed by atoms with van der Waals surface area (Å²) in [5, 5.41) is 0. The van der Waals surface area contributed by atoms with Crippen molar-refractivity contribution in [1.82, 2.24) is 9.80 Å². The van der Waals surface area contributed by atoms with E-state index in [1.807, 2.05) is 19.0 Å². The molecule has 2 aromatic carbocycles. The number of ketones is 2. The van der Waals surface area contributed by atoms with Gasteiger partial charge in [-0.2, -0.15) is 0 Å². The Hall–Kier alpha value is -2.79. The lowest BCUT2D eigenvalue weighted by molar-refractivity contribution is 0.0785. The van der Waals surface area contributed by atoms with E-state index in [9.17, 15) is 14.4 Å². The molecule has 0 fully saturated rings. The van der Waals surface area contributed by atoms with Crippen molar-refractivity contribution in [3.05, 3.63) is 70.3 Å². The van der Waals surface area contributed by atoms with E-state index in [0.717, 1.165) is 6.54 Å². The first-order valence-electron chi connectivity index (χ1n) is 8.13. The Balaban J connectivity index is 1.93. The summed E-state index contributed by atoms with van der Waals surface area (Å²) in [4.78, 5) is 41.5. The van der Waals surface area contributed by atoms with Crippen molar-refractivity contribution in [3.8, 4) is 0 Å². The average Bonchev–Trinajstić information content (AvgIpc) is 2.63. The largest absolute Gasteiger partial charge is 0.340 e. The number of carbonyl (C=O) groups is 3. The molecule has 1 aliphatic carbocycles. The molecule has 1 aliphatic rings. The molecular weight excluding hydrogens is 316 g/mol. The van der Waals surface area contributed by atoms with Crippen LogP contribution in [0.25, 0.3) is 0 Å². The maximum atomic E-state index is 12.7. The van der Waals surface area contributed by atoms with Crippen molar-refractivity contribution < 1.29 is 14.4 Å². The molecule has 0 N–H and O–H groups in total. The number of fused-ring (bicyclic) bond motifs is 2. The predicted octanol–water partition coefficient (Wildman–Crippen LogP) is 2.10. The third-order valence-corrected chi connectivity index (χ3v) is 4.40. The molecule has 25 heavy (non-hydrogen) atoms. The minimum atomic E-state index is -0.212. The zero-order chi connectivity index (χ0) is 18.1. The van der Waals surface area contributed by atoms with Crippen molar-refractivity contribution in [2.24, 2.45) is 0 Å². The van der Waals surface area contributed by atoms with Gasteiger partial charge in [-0.1, -0.05) is 24.3 Å². The summed E-state index contributed by atoms with van der Waals surface area (Å²) >= 11 is 0. The van der Waals surface area contributed by atoms with Gasteiger partial charge in [0.2, 0.25) is 0 Å². The van der Waals surface area contributed by atoms with Gasteiger partial charge in [0, 0.05) is 48.0 Å². The minimum Gasteiger partial charge on any atom is -0.340 e. The van der Waals surface area contributed by atoms with Gasteiger partial charge < -0.3 is 9.80 Å². The lowest BCUT2D eigenvalue weighted by atomic mass is 9.83. The van der Waals surface area contributed by atoms with Crippen molar-refractivity contribution in [2.45, 2.75) is 0 Å². The molecule has 0 aliphatic heterocycles. The second-order valence-electron chi connectivity index (χ2n) is 6.49. The lowest BCUT2D eigenvalue weighted by Gasteiger charge is -2.21. The Morgan fingerprint density at radius 3 is 1.96 bits per heavy atom. The molecule has 0 spiro atoms. The van der Waals surface area contributed by atoms with Gasteiger partial charge in [-0.15, -0.1) is 0 Å². The summed E-state index contributed by atoms with van der Waals surface area (Å²) < 4.78 is 0. The number of likely N-dealkylation sites (N-methyl/N-ethyl adjacent to an activating group) is 2. The number of rotatable bonds is 4. The summed E-state index contributed by atoms with van der Waals surface area (Å²) in [5.74, 6) is -0.551. The Morgan fingerprint density at radius 2 is 1.36 bits per heavy atom. The van der Waals surface area contributed by atoms with Crippen molar-refractivity contribution in [1.29, 1.82) is 0 Å². The second-order valence-corrected chi connectivity index (χ2v) is 6.49. The molecule has 0 bridgehead atoms. The quantitative estimate of drug-likeness (QED) is 0.732. The Morgan fingerprint density at radius 1 is 0.800 bits per heavy atom. The number of benzene rings is 2. The predicted molar refractivity (Wildman–Crippen MR) is 95.3 cm³/mol. The molecule has 0 saturated carbocycles. The highest BCUT2D eigenvalue weighted by Crippen LogP contribution is 2.28. The highest BCUT2D eigenvalue weighted by Gasteiger charge is 2.30. The number of nitrogens with zero attached hydrogens (tertiary/aromatic N) is 2. The number of carbonyl (C=O) groups excluding carboxylic acids is 3. The Labute approximate surface area is 146 Å². The summed E-state index contributed by atoms with van der Waals surface area (Å²) in [7, 11) is 5.62. The van der Waals surface area contributed by atoms with Crippen LogP contribution in [-0.2, 0) is 0 Å². The minimum absolute atomic E-state index is 0.163. The maximum Gasteiger partial charge on any atom is 0.253 e. The molecule has 3 rings (SSSR count). The van der Waals surface area contributed by atoms with Crippen LogP contribution in [0, 0.1) is 0 Å². The maximum absolute atomic E-state index is 12.7. The van der Waals surface area contributed by atoms with Crippen LogP contribution in [0.1, 0.15) is 42.2 Å². The van der Waals surface area contributed by atoms with Crippen LogP contribution in [0.2, 0.25) is 0 Å². The van der Waals surface area contributed by atoms with Gasteiger partial charge in [0.25, 0.3) is 5.91 Å². The van der Waals surface area contributed by atoms with Gasteiger partial charge in [0.05, 0.1) is 0 Å². The molecule has 0 unspecified atom stereocenters. The van der Waals surface area contributed by atoms with Crippen molar-refractivity contribution >= 4 is 17.5 Å². The van der Waals surface area contributed by atoms with Crippen LogP contribution in [0.4, 0.5) is 0 Å². The molecule has 5 nitrogen and oxygen atoms in total. The summed E-state index contributed by atoms with van der Waals surface area (Å²) in [6.07, 6.45) is 0. The summed E-state index contributed by atoms with van der Waals surface area (Å²) in [6, 6.07) is 11.5. The Kier molecular flexibility index (Phi) is 4.51. The fourth-order valence-electron chi connectivity index (χ4n) is 2.90. The molecule has 1 amide bonds. The van der Waals surface area contributed by atoms with E-state index < -0.39 is 0 Å². The molecule has 128 valence electrons. The number of amides is 1. The fourth-order valence-corrected chi connectivity index (χ4v) is 2.90. The van der Waals surface area contributed by atoms with Gasteiger partial charge >= 0.3 is 0 Å². The standard InChI is InChI=1S/C20H20N2O3/c1-21(2)10-11-22(3)20(25)13-8-9-16-17(12-13)19(24)15-7-5-4-6-14(15)18(16)23/h4-9,12H,10-11H2,1-3H3. The zero-order valence-corrected chi connectivity index (χ0v) is 14.6. The molecule has 0 saturated heterocycles. The molecule has 0 aromatic heterocycles. The highest BCUT2D eigenvalue weighted by atomic mass is 16.2. The van der Waals surface area contributed by atoms with E-state index in [1.54, 1.807) is 54.4 Å². The van der Waals surface area contributed by atoms with Gasteiger partial charge in [-0.25, -0.2) is 0 Å². The normalized spacial score (nSPS) is 12.8. The van der Waals surface area contributed by atoms with Gasteiger partial charge in [-0.05, 0) is 32.3 Å². The third-order valence-electron chi connectivity index (χ3n) is 4.40. The highest BCUT2D eigenvalue weighted by molar-refractivity contribution is 6.28. The van der Waals surface area contributed by atoms with E-state index in [1.165, 1.54) is 0 Å². The van der Waals surface area contributed by atoms with Gasteiger partial charge in [0.15, 0.2) is 11.6 Å². The fraction of sp³-hybridized carbons (Fsp3) is 0.250. The van der Waals surface area contributed by atoms with E-state index in [0.29, 0.717) is 34.4 Å². The van der Waals surface area contributed by atoms with E-state index in [2.05, 4.69) is 0 Å². The second kappa shape index (κ2) is 6.61. The Bertz CT molecular complexity index is 871. The van der Waals surface area contributed by atoms with Crippen LogP contribution in [0.3, 0.4) is 0 Å². The van der Waals surface area contributed by atoms with Crippen molar-refractivity contribution in [3.63, 3.8) is 0 Å². The van der Waals surface area contributed by atoms with Crippen LogP contribution >= 0.6 is 0 Å². The van der Waals surface area contributed by atoms with E-state index >= 15 is 0 Å². The van der Waals surface area contributed by atoms with Crippen LogP contribution in [0.5, 0.6) is 0 Å². The van der Waals surface area contributed by atoms with Crippen molar-refractivity contribution in [2.75, 3.05) is 34.2 Å². The molecule has 0 heterocycles. The first-order valence-corrected chi connectivity index (χ1v) is 8.13. The molecule has 0 radical (unpaired) electrons. The first-order chi connectivity index (χ1) is 11.9. The van der Waals surface area contributed by atoms with E-state index in [4.69, 9.17) is 0 Å². The SMILES string of the molecule is CN(C)CCN(C)C(=O)c1ccc2c(c1)C(=O)c1ccccc1C2=O. The van der Waals surface area contributed by atoms with Gasteiger partial charge in [-0.3, -0.25) is 14.4 Å². The molecule has 0 atom stereocenters. The third kappa shape index (κ3) is 3.10. The topological polar surface area (TPSA) is 57.7 Å². The lowest BCUT2D eigenvalue weighted by Crippen LogP contribution is -2.33. The first kappa shape index (κ1) is 17.0. The number of hydrogen-bond acceptors (Lipinski definition) is 4. The van der Waals surface area contributed by atoms with Crippen LogP contribution in [-0.4, -0.2) is 61.5 Å². The molecular formula is C20H20N2O3.